The maximum atomic E-state index is 10.0. The molecule has 0 aromatic rings. The number of carbonyl (C=O) groups is 1. The van der Waals surface area contributed by atoms with Gasteiger partial charge in [0.05, 0.1) is 0 Å². The summed E-state index contributed by atoms with van der Waals surface area (Å²) in [6, 6.07) is 0. The fourth-order valence-corrected chi connectivity index (χ4v) is 0.515. The average molecular weight is 131 g/mol. The van der Waals surface area contributed by atoms with Gasteiger partial charge in [-0.05, 0) is 18.8 Å². The molecule has 0 saturated heterocycles. The van der Waals surface area contributed by atoms with E-state index in [1.807, 2.05) is 0 Å². The van der Waals surface area contributed by atoms with E-state index in [0.29, 0.717) is 12.8 Å². The number of aliphatic carboxylic acids is 1. The van der Waals surface area contributed by atoms with Gasteiger partial charge in [0.1, 0.15) is 0 Å². The molecular formula is C6H11O3-. The normalized spacial score (nSPS) is 13.1. The van der Waals surface area contributed by atoms with E-state index in [1.54, 1.807) is 6.92 Å². The van der Waals surface area contributed by atoms with E-state index in [2.05, 4.69) is 0 Å². The Bertz CT molecular complexity index is 90.3. The van der Waals surface area contributed by atoms with Crippen molar-refractivity contribution in [3.8, 4) is 0 Å². The first kappa shape index (κ1) is 8.43. The van der Waals surface area contributed by atoms with Gasteiger partial charge in [-0.25, -0.2) is 0 Å². The van der Waals surface area contributed by atoms with E-state index < -0.39 is 11.9 Å². The van der Waals surface area contributed by atoms with Crippen LogP contribution in [-0.4, -0.2) is 17.7 Å². The van der Waals surface area contributed by atoms with Gasteiger partial charge in [-0.3, -0.25) is 0 Å². The third-order valence-electron chi connectivity index (χ3n) is 1.20. The van der Waals surface area contributed by atoms with E-state index in [9.17, 15) is 9.90 Å². The first-order valence-corrected chi connectivity index (χ1v) is 3.00. The van der Waals surface area contributed by atoms with Crippen molar-refractivity contribution in [3.05, 3.63) is 0 Å². The zero-order valence-corrected chi connectivity index (χ0v) is 5.46. The monoisotopic (exact) mass is 131 g/mol. The highest BCUT2D eigenvalue weighted by Crippen LogP contribution is 2.02. The number of hydrogen-bond acceptors (Lipinski definition) is 3. The summed E-state index contributed by atoms with van der Waals surface area (Å²) < 4.78 is 0. The van der Waals surface area contributed by atoms with Crippen molar-refractivity contribution in [2.24, 2.45) is 5.92 Å². The van der Waals surface area contributed by atoms with Crippen LogP contribution in [0, 0.1) is 5.92 Å². The van der Waals surface area contributed by atoms with Crippen LogP contribution < -0.4 is 5.11 Å². The van der Waals surface area contributed by atoms with Crippen LogP contribution in [0.4, 0.5) is 0 Å². The van der Waals surface area contributed by atoms with Crippen molar-refractivity contribution in [2.45, 2.75) is 19.8 Å². The van der Waals surface area contributed by atoms with Crippen molar-refractivity contribution in [3.63, 3.8) is 0 Å². The van der Waals surface area contributed by atoms with Crippen LogP contribution >= 0.6 is 0 Å². The zero-order valence-electron chi connectivity index (χ0n) is 5.46. The lowest BCUT2D eigenvalue weighted by Gasteiger charge is -2.09. The Morgan fingerprint density at radius 2 is 2.33 bits per heavy atom. The molecular weight excluding hydrogens is 120 g/mol. The summed E-state index contributed by atoms with van der Waals surface area (Å²) in [5, 5.41) is 18.3. The number of hydrogen-bond donors (Lipinski definition) is 1. The first-order valence-electron chi connectivity index (χ1n) is 3.00. The molecule has 1 unspecified atom stereocenters. The topological polar surface area (TPSA) is 60.4 Å². The molecule has 0 aliphatic rings. The lowest BCUT2D eigenvalue weighted by Crippen LogP contribution is -2.29. The molecule has 0 aromatic carbocycles. The highest BCUT2D eigenvalue weighted by molar-refractivity contribution is 5.66. The third kappa shape index (κ3) is 3.97. The number of carboxylic acids is 1. The van der Waals surface area contributed by atoms with Gasteiger partial charge in [0.25, 0.3) is 0 Å². The maximum Gasteiger partial charge on any atom is 0.0442 e. The highest BCUT2D eigenvalue weighted by atomic mass is 16.4. The number of carboxylic acid groups (broad SMARTS) is 1. The fraction of sp³-hybridized carbons (Fsp3) is 0.833. The molecule has 54 valence electrons. The van der Waals surface area contributed by atoms with Crippen LogP contribution in [0.2, 0.25) is 0 Å². The molecule has 9 heavy (non-hydrogen) atoms. The van der Waals surface area contributed by atoms with Gasteiger partial charge in [0, 0.05) is 12.6 Å². The highest BCUT2D eigenvalue weighted by Gasteiger charge is 1.99. The molecule has 0 aliphatic carbocycles. The molecule has 0 aliphatic heterocycles. The van der Waals surface area contributed by atoms with E-state index >= 15 is 0 Å². The van der Waals surface area contributed by atoms with Crippen molar-refractivity contribution in [1.29, 1.82) is 0 Å². The summed E-state index contributed by atoms with van der Waals surface area (Å²) in [5.74, 6) is -1.47. The minimum absolute atomic E-state index is 0.0532. The van der Waals surface area contributed by atoms with Crippen molar-refractivity contribution in [2.75, 3.05) is 6.61 Å². The second-order valence-corrected chi connectivity index (χ2v) is 2.09. The molecule has 0 aromatic heterocycles. The molecule has 0 fully saturated rings. The molecule has 0 saturated carbocycles. The van der Waals surface area contributed by atoms with Crippen LogP contribution in [0.3, 0.4) is 0 Å². The molecule has 3 heteroatoms. The Morgan fingerprint density at radius 3 is 2.67 bits per heavy atom. The standard InChI is InChI=1S/C6H12O3/c1-5(6(8)9)3-2-4-7/h5,7H,2-4H2,1H3,(H,8,9)/p-1. The Hall–Kier alpha value is -0.570. The van der Waals surface area contributed by atoms with E-state index in [0.717, 1.165) is 0 Å². The maximum absolute atomic E-state index is 10.0. The molecule has 3 nitrogen and oxygen atoms in total. The van der Waals surface area contributed by atoms with Gasteiger partial charge in [-0.1, -0.05) is 6.92 Å². The van der Waals surface area contributed by atoms with Crippen LogP contribution in [0.15, 0.2) is 0 Å². The largest absolute Gasteiger partial charge is 0.550 e. The van der Waals surface area contributed by atoms with Gasteiger partial charge in [0.2, 0.25) is 0 Å². The predicted molar refractivity (Wildman–Crippen MR) is 30.5 cm³/mol. The third-order valence-corrected chi connectivity index (χ3v) is 1.20. The summed E-state index contributed by atoms with van der Waals surface area (Å²) in [4.78, 5) is 10.0. The minimum Gasteiger partial charge on any atom is -0.550 e. The fourth-order valence-electron chi connectivity index (χ4n) is 0.515. The van der Waals surface area contributed by atoms with Crippen LogP contribution in [0.1, 0.15) is 19.8 Å². The molecule has 1 N–H and O–H groups in total. The Kier molecular flexibility index (Phi) is 4.05. The summed E-state index contributed by atoms with van der Waals surface area (Å²) in [5.41, 5.74) is 0. The van der Waals surface area contributed by atoms with Gasteiger partial charge in [-0.15, -0.1) is 0 Å². The molecule has 0 heterocycles. The minimum atomic E-state index is -1.04. The van der Waals surface area contributed by atoms with Gasteiger partial charge in [-0.2, -0.15) is 0 Å². The molecule has 0 bridgehead atoms. The first-order chi connectivity index (χ1) is 4.18. The summed E-state index contributed by atoms with van der Waals surface area (Å²) in [6.45, 7) is 1.63. The van der Waals surface area contributed by atoms with Crippen molar-refractivity contribution < 1.29 is 15.0 Å². The molecule has 0 amide bonds. The van der Waals surface area contributed by atoms with Gasteiger partial charge in [0.15, 0.2) is 0 Å². The number of rotatable bonds is 4. The lowest BCUT2D eigenvalue weighted by atomic mass is 10.1. The summed E-state index contributed by atoms with van der Waals surface area (Å²) in [7, 11) is 0. The van der Waals surface area contributed by atoms with Crippen LogP contribution in [0.5, 0.6) is 0 Å². The Morgan fingerprint density at radius 1 is 1.78 bits per heavy atom. The Balaban J connectivity index is 3.27. The van der Waals surface area contributed by atoms with Gasteiger partial charge < -0.3 is 15.0 Å². The summed E-state index contributed by atoms with van der Waals surface area (Å²) in [6.07, 6.45) is 1.04. The van der Waals surface area contributed by atoms with Crippen LogP contribution in [-0.2, 0) is 4.79 Å². The zero-order chi connectivity index (χ0) is 7.28. The van der Waals surface area contributed by atoms with Crippen molar-refractivity contribution in [1.82, 2.24) is 0 Å². The number of aliphatic hydroxyl groups is 1. The molecule has 0 spiro atoms. The number of aliphatic hydroxyl groups excluding tert-OH is 1. The van der Waals surface area contributed by atoms with Gasteiger partial charge >= 0.3 is 0 Å². The van der Waals surface area contributed by atoms with Crippen molar-refractivity contribution >= 4 is 5.97 Å². The quantitative estimate of drug-likeness (QED) is 0.540. The van der Waals surface area contributed by atoms with E-state index in [-0.39, 0.29) is 6.61 Å². The molecule has 0 rings (SSSR count). The smallest absolute Gasteiger partial charge is 0.0442 e. The second-order valence-electron chi connectivity index (χ2n) is 2.09. The predicted octanol–water partition coefficient (Wildman–Crippen LogP) is -0.855. The molecule has 0 radical (unpaired) electrons. The molecule has 1 atom stereocenters. The second kappa shape index (κ2) is 4.32. The summed E-state index contributed by atoms with van der Waals surface area (Å²) >= 11 is 0. The van der Waals surface area contributed by atoms with Crippen LogP contribution in [0.25, 0.3) is 0 Å². The number of carbonyl (C=O) groups excluding carboxylic acids is 1. The lowest BCUT2D eigenvalue weighted by molar-refractivity contribution is -0.311. The SMILES string of the molecule is CC(CCCO)C(=O)[O-]. The Labute approximate surface area is 54.3 Å². The van der Waals surface area contributed by atoms with E-state index in [1.165, 1.54) is 0 Å². The van der Waals surface area contributed by atoms with E-state index in [4.69, 9.17) is 5.11 Å². The average Bonchev–Trinajstić information content (AvgIpc) is 1.82.